The molecule has 4 rings (SSSR count). The number of hydrogen-bond donors (Lipinski definition) is 1. The van der Waals surface area contributed by atoms with Gasteiger partial charge in [0.1, 0.15) is 11.4 Å². The number of nitrogens with one attached hydrogen (secondary N) is 1. The first kappa shape index (κ1) is 18.3. The molecule has 2 heterocycles. The standard InChI is InChI=1S/C22H30N2O3/c25-20(10-7-15-24-14-6-3-11-21(24)26)23-18-16-22(12-4-5-13-22)27-19-9-2-1-8-17(18)19/h1-2,8-9,18H,3-7,10-16H2,(H,23,25). The molecule has 146 valence electrons. The van der Waals surface area contributed by atoms with Crippen LogP contribution in [0.15, 0.2) is 24.3 Å². The largest absolute Gasteiger partial charge is 0.487 e. The minimum atomic E-state index is -0.105. The Bertz CT molecular complexity index is 697. The minimum absolute atomic E-state index is 0.0252. The molecule has 1 saturated heterocycles. The van der Waals surface area contributed by atoms with E-state index in [1.54, 1.807) is 0 Å². The number of nitrogens with zero attached hydrogens (tertiary/aromatic N) is 1. The number of piperidine rings is 1. The zero-order valence-electron chi connectivity index (χ0n) is 16.0. The van der Waals surface area contributed by atoms with Gasteiger partial charge in [-0.25, -0.2) is 0 Å². The molecule has 1 aromatic carbocycles. The van der Waals surface area contributed by atoms with E-state index in [2.05, 4.69) is 11.4 Å². The van der Waals surface area contributed by atoms with E-state index in [9.17, 15) is 9.59 Å². The molecular weight excluding hydrogens is 340 g/mol. The van der Waals surface area contributed by atoms with Crippen LogP contribution in [-0.2, 0) is 9.59 Å². The Morgan fingerprint density at radius 2 is 2.00 bits per heavy atom. The van der Waals surface area contributed by atoms with Crippen molar-refractivity contribution in [2.75, 3.05) is 13.1 Å². The molecule has 1 unspecified atom stereocenters. The molecule has 2 amide bonds. The maximum absolute atomic E-state index is 12.6. The summed E-state index contributed by atoms with van der Waals surface area (Å²) in [4.78, 5) is 26.4. The first-order valence-electron chi connectivity index (χ1n) is 10.5. The fourth-order valence-electron chi connectivity index (χ4n) is 4.87. The Hall–Kier alpha value is -2.04. The van der Waals surface area contributed by atoms with E-state index in [1.807, 2.05) is 23.1 Å². The molecule has 1 aliphatic carbocycles. The van der Waals surface area contributed by atoms with Crippen LogP contribution >= 0.6 is 0 Å². The van der Waals surface area contributed by atoms with E-state index in [0.717, 1.165) is 56.4 Å². The van der Waals surface area contributed by atoms with Gasteiger partial charge in [-0.15, -0.1) is 0 Å². The van der Waals surface area contributed by atoms with Crippen molar-refractivity contribution in [3.63, 3.8) is 0 Å². The number of carbonyl (C=O) groups excluding carboxylic acids is 2. The topological polar surface area (TPSA) is 58.6 Å². The number of rotatable bonds is 5. The number of ether oxygens (including phenoxy) is 1. The van der Waals surface area contributed by atoms with Crippen LogP contribution in [-0.4, -0.2) is 35.4 Å². The van der Waals surface area contributed by atoms with Crippen molar-refractivity contribution in [3.05, 3.63) is 29.8 Å². The Labute approximate surface area is 161 Å². The predicted octanol–water partition coefficient (Wildman–Crippen LogP) is 3.73. The van der Waals surface area contributed by atoms with Gasteiger partial charge < -0.3 is 15.0 Å². The summed E-state index contributed by atoms with van der Waals surface area (Å²) in [7, 11) is 0. The Kier molecular flexibility index (Phi) is 5.37. The van der Waals surface area contributed by atoms with E-state index in [0.29, 0.717) is 19.4 Å². The normalized spacial score (nSPS) is 23.8. The number of amides is 2. The monoisotopic (exact) mass is 370 g/mol. The van der Waals surface area contributed by atoms with Gasteiger partial charge in [0.2, 0.25) is 11.8 Å². The number of para-hydroxylation sites is 1. The highest BCUT2D eigenvalue weighted by atomic mass is 16.5. The molecule has 27 heavy (non-hydrogen) atoms. The fraction of sp³-hybridized carbons (Fsp3) is 0.636. The van der Waals surface area contributed by atoms with E-state index in [-0.39, 0.29) is 23.5 Å². The summed E-state index contributed by atoms with van der Waals surface area (Å²) >= 11 is 0. The molecular formula is C22H30N2O3. The zero-order valence-corrected chi connectivity index (χ0v) is 16.0. The Morgan fingerprint density at radius 3 is 2.81 bits per heavy atom. The number of likely N-dealkylation sites (tertiary alicyclic amines) is 1. The second kappa shape index (κ2) is 7.91. The van der Waals surface area contributed by atoms with Crippen molar-refractivity contribution in [1.29, 1.82) is 0 Å². The van der Waals surface area contributed by atoms with Gasteiger partial charge in [0, 0.05) is 37.9 Å². The van der Waals surface area contributed by atoms with Gasteiger partial charge in [-0.1, -0.05) is 18.2 Å². The molecule has 3 aliphatic rings. The maximum Gasteiger partial charge on any atom is 0.222 e. The number of fused-ring (bicyclic) bond motifs is 1. The molecule has 1 spiro atoms. The fourth-order valence-corrected chi connectivity index (χ4v) is 4.87. The average molecular weight is 370 g/mol. The summed E-state index contributed by atoms with van der Waals surface area (Å²) in [6.45, 7) is 1.54. The van der Waals surface area contributed by atoms with Crippen LogP contribution in [0, 0.1) is 0 Å². The van der Waals surface area contributed by atoms with Crippen molar-refractivity contribution in [2.24, 2.45) is 0 Å². The minimum Gasteiger partial charge on any atom is -0.487 e. The summed E-state index contributed by atoms with van der Waals surface area (Å²) in [5.41, 5.74) is 0.988. The summed E-state index contributed by atoms with van der Waals surface area (Å²) in [6, 6.07) is 8.12. The molecule has 0 aromatic heterocycles. The van der Waals surface area contributed by atoms with Crippen LogP contribution in [0.2, 0.25) is 0 Å². The Morgan fingerprint density at radius 1 is 1.19 bits per heavy atom. The number of benzene rings is 1. The van der Waals surface area contributed by atoms with Gasteiger partial charge in [-0.3, -0.25) is 9.59 Å². The van der Waals surface area contributed by atoms with Crippen LogP contribution in [0.25, 0.3) is 0 Å². The van der Waals surface area contributed by atoms with E-state index in [4.69, 9.17) is 4.74 Å². The molecule has 5 heteroatoms. The lowest BCUT2D eigenvalue weighted by atomic mass is 9.86. The van der Waals surface area contributed by atoms with E-state index < -0.39 is 0 Å². The molecule has 2 fully saturated rings. The molecule has 5 nitrogen and oxygen atoms in total. The quantitative estimate of drug-likeness (QED) is 0.859. The van der Waals surface area contributed by atoms with Crippen LogP contribution in [0.1, 0.15) is 75.8 Å². The molecule has 1 aromatic rings. The highest BCUT2D eigenvalue weighted by molar-refractivity contribution is 5.78. The summed E-state index contributed by atoms with van der Waals surface area (Å²) in [5.74, 6) is 1.24. The summed E-state index contributed by atoms with van der Waals surface area (Å²) in [5, 5.41) is 3.25. The summed E-state index contributed by atoms with van der Waals surface area (Å²) in [6.07, 6.45) is 9.35. The molecule has 0 radical (unpaired) electrons. The molecule has 2 aliphatic heterocycles. The highest BCUT2D eigenvalue weighted by Gasteiger charge is 2.43. The average Bonchev–Trinajstić information content (AvgIpc) is 3.10. The van der Waals surface area contributed by atoms with Crippen molar-refractivity contribution in [2.45, 2.75) is 75.9 Å². The highest BCUT2D eigenvalue weighted by Crippen LogP contribution is 2.46. The van der Waals surface area contributed by atoms with Crippen molar-refractivity contribution < 1.29 is 14.3 Å². The van der Waals surface area contributed by atoms with Gasteiger partial charge in [0.15, 0.2) is 0 Å². The molecule has 1 N–H and O–H groups in total. The molecule has 1 saturated carbocycles. The molecule has 1 atom stereocenters. The van der Waals surface area contributed by atoms with Crippen LogP contribution in [0.3, 0.4) is 0 Å². The predicted molar refractivity (Wildman–Crippen MR) is 103 cm³/mol. The van der Waals surface area contributed by atoms with Crippen molar-refractivity contribution >= 4 is 11.8 Å². The van der Waals surface area contributed by atoms with Crippen LogP contribution in [0.5, 0.6) is 5.75 Å². The number of hydrogen-bond acceptors (Lipinski definition) is 3. The first-order valence-corrected chi connectivity index (χ1v) is 10.5. The second-order valence-corrected chi connectivity index (χ2v) is 8.30. The lowest BCUT2D eigenvalue weighted by Crippen LogP contribution is -2.43. The third kappa shape index (κ3) is 4.12. The molecule has 0 bridgehead atoms. The van der Waals surface area contributed by atoms with Crippen LogP contribution < -0.4 is 10.1 Å². The van der Waals surface area contributed by atoms with E-state index in [1.165, 1.54) is 12.8 Å². The maximum atomic E-state index is 12.6. The zero-order chi connectivity index (χ0) is 18.7. The first-order chi connectivity index (χ1) is 13.2. The SMILES string of the molecule is O=C(CCCN1CCCCC1=O)NC1CC2(CCCC2)Oc2ccccc21. The Balaban J connectivity index is 1.35. The lowest BCUT2D eigenvalue weighted by molar-refractivity contribution is -0.133. The van der Waals surface area contributed by atoms with Gasteiger partial charge in [-0.05, 0) is 51.0 Å². The van der Waals surface area contributed by atoms with E-state index >= 15 is 0 Å². The van der Waals surface area contributed by atoms with Crippen LogP contribution in [0.4, 0.5) is 0 Å². The second-order valence-electron chi connectivity index (χ2n) is 8.30. The van der Waals surface area contributed by atoms with Gasteiger partial charge in [0.05, 0.1) is 6.04 Å². The third-order valence-electron chi connectivity index (χ3n) is 6.30. The van der Waals surface area contributed by atoms with Gasteiger partial charge >= 0.3 is 0 Å². The lowest BCUT2D eigenvalue weighted by Gasteiger charge is -2.40. The van der Waals surface area contributed by atoms with Gasteiger partial charge in [-0.2, -0.15) is 0 Å². The van der Waals surface area contributed by atoms with Crippen molar-refractivity contribution in [1.82, 2.24) is 10.2 Å². The number of carbonyl (C=O) groups is 2. The third-order valence-corrected chi connectivity index (χ3v) is 6.30. The smallest absolute Gasteiger partial charge is 0.222 e. The van der Waals surface area contributed by atoms with Crippen molar-refractivity contribution in [3.8, 4) is 5.75 Å². The van der Waals surface area contributed by atoms with Gasteiger partial charge in [0.25, 0.3) is 0 Å². The summed E-state index contributed by atoms with van der Waals surface area (Å²) < 4.78 is 6.37.